The minimum atomic E-state index is -4.36. The van der Waals surface area contributed by atoms with Gasteiger partial charge in [-0.25, -0.2) is 0 Å². The Morgan fingerprint density at radius 1 is 0.947 bits per heavy atom. The van der Waals surface area contributed by atoms with Crippen molar-refractivity contribution in [3.05, 3.63) is 72.1 Å². The van der Waals surface area contributed by atoms with Crippen LogP contribution in [0.5, 0.6) is 5.75 Å². The van der Waals surface area contributed by atoms with Gasteiger partial charge in [-0.2, -0.15) is 13.2 Å². The van der Waals surface area contributed by atoms with Crippen LogP contribution < -0.4 is 4.74 Å². The van der Waals surface area contributed by atoms with Crippen molar-refractivity contribution in [3.63, 3.8) is 0 Å². The lowest BCUT2D eigenvalue weighted by molar-refractivity contribution is -0.138. The lowest BCUT2D eigenvalue weighted by Gasteiger charge is -2.13. The molecule has 4 heteroatoms. The Morgan fingerprint density at radius 3 is 2.21 bits per heavy atom. The topological polar surface area (TPSA) is 9.23 Å². The first-order valence-corrected chi connectivity index (χ1v) is 5.67. The molecule has 0 unspecified atom stereocenters. The molecule has 0 amide bonds. The molecule has 0 spiro atoms. The highest BCUT2D eigenvalue weighted by atomic mass is 19.4. The van der Waals surface area contributed by atoms with Crippen molar-refractivity contribution < 1.29 is 17.9 Å². The third-order valence-corrected chi connectivity index (χ3v) is 2.64. The van der Waals surface area contributed by atoms with Gasteiger partial charge in [-0.3, -0.25) is 0 Å². The molecule has 1 radical (unpaired) electrons. The van der Waals surface area contributed by atoms with Crippen LogP contribution in [0.4, 0.5) is 13.2 Å². The summed E-state index contributed by atoms with van der Waals surface area (Å²) in [4.78, 5) is 0. The predicted octanol–water partition coefficient (Wildman–Crippen LogP) is 4.47. The van der Waals surface area contributed by atoms with E-state index in [2.05, 4.69) is 6.92 Å². The maximum Gasteiger partial charge on any atom is 0.416 e. The maximum atomic E-state index is 12.8. The standard InChI is InChI=1S/C15H12F3O/c1-11-6-8-13(9-7-11)19-10-12-4-2-3-5-14(12)15(16,17)18/h2-9H,1,10H2. The largest absolute Gasteiger partial charge is 0.489 e. The zero-order valence-electron chi connectivity index (χ0n) is 10.1. The van der Waals surface area contributed by atoms with Gasteiger partial charge in [-0.15, -0.1) is 0 Å². The van der Waals surface area contributed by atoms with Crippen LogP contribution in [0.25, 0.3) is 0 Å². The lowest BCUT2D eigenvalue weighted by Crippen LogP contribution is -2.10. The lowest BCUT2D eigenvalue weighted by atomic mass is 10.1. The summed E-state index contributed by atoms with van der Waals surface area (Å²) >= 11 is 0. The molecule has 0 saturated heterocycles. The van der Waals surface area contributed by atoms with Gasteiger partial charge in [0.15, 0.2) is 0 Å². The number of rotatable bonds is 3. The first-order valence-electron chi connectivity index (χ1n) is 5.67. The predicted molar refractivity (Wildman–Crippen MR) is 66.7 cm³/mol. The molecule has 0 atom stereocenters. The summed E-state index contributed by atoms with van der Waals surface area (Å²) in [5.41, 5.74) is 0.278. The summed E-state index contributed by atoms with van der Waals surface area (Å²) in [5, 5.41) is 0. The Balaban J connectivity index is 2.14. The van der Waals surface area contributed by atoms with E-state index in [1.165, 1.54) is 12.1 Å². The Morgan fingerprint density at radius 2 is 1.58 bits per heavy atom. The molecule has 0 aliphatic carbocycles. The van der Waals surface area contributed by atoms with Crippen LogP contribution in [-0.4, -0.2) is 0 Å². The SMILES string of the molecule is [CH2]c1ccc(OCc2ccccc2C(F)(F)F)cc1. The first kappa shape index (κ1) is 13.5. The fourth-order valence-corrected chi connectivity index (χ4v) is 1.67. The molecule has 2 aromatic carbocycles. The molecule has 0 fully saturated rings. The van der Waals surface area contributed by atoms with Crippen molar-refractivity contribution in [2.75, 3.05) is 0 Å². The summed E-state index contributed by atoms with van der Waals surface area (Å²) in [6, 6.07) is 12.2. The van der Waals surface area contributed by atoms with Gasteiger partial charge in [0.25, 0.3) is 0 Å². The van der Waals surface area contributed by atoms with Gasteiger partial charge < -0.3 is 4.74 Å². The second kappa shape index (κ2) is 5.34. The first-order chi connectivity index (χ1) is 8.97. The summed E-state index contributed by atoms with van der Waals surface area (Å²) in [6.07, 6.45) is -4.36. The van der Waals surface area contributed by atoms with Gasteiger partial charge in [-0.1, -0.05) is 30.3 Å². The van der Waals surface area contributed by atoms with Crippen molar-refractivity contribution in [1.82, 2.24) is 0 Å². The highest BCUT2D eigenvalue weighted by Crippen LogP contribution is 2.32. The third-order valence-electron chi connectivity index (χ3n) is 2.64. The average Bonchev–Trinajstić information content (AvgIpc) is 2.37. The molecular formula is C15H12F3O. The summed E-state index contributed by atoms with van der Waals surface area (Å²) in [6.45, 7) is 3.60. The van der Waals surface area contributed by atoms with Crippen molar-refractivity contribution >= 4 is 0 Å². The second-order valence-electron chi connectivity index (χ2n) is 4.09. The maximum absolute atomic E-state index is 12.8. The normalized spacial score (nSPS) is 11.4. The third kappa shape index (κ3) is 3.50. The average molecular weight is 265 g/mol. The molecule has 0 bridgehead atoms. The summed E-state index contributed by atoms with van der Waals surface area (Å²) < 4.78 is 43.6. The number of ether oxygens (including phenoxy) is 1. The number of hydrogen-bond donors (Lipinski definition) is 0. The van der Waals surface area contributed by atoms with E-state index in [-0.39, 0.29) is 12.2 Å². The van der Waals surface area contributed by atoms with Crippen LogP contribution in [-0.2, 0) is 12.8 Å². The molecule has 2 aromatic rings. The molecule has 0 heterocycles. The van der Waals surface area contributed by atoms with Gasteiger partial charge in [0.05, 0.1) is 5.56 Å². The van der Waals surface area contributed by atoms with Crippen molar-refractivity contribution in [2.45, 2.75) is 12.8 Å². The highest BCUT2D eigenvalue weighted by molar-refractivity contribution is 5.31. The Hall–Kier alpha value is -1.97. The number of benzene rings is 2. The molecule has 99 valence electrons. The number of hydrogen-bond acceptors (Lipinski definition) is 1. The highest BCUT2D eigenvalue weighted by Gasteiger charge is 2.32. The monoisotopic (exact) mass is 265 g/mol. The van der Waals surface area contributed by atoms with E-state index in [4.69, 9.17) is 4.74 Å². The molecular weight excluding hydrogens is 253 g/mol. The molecule has 19 heavy (non-hydrogen) atoms. The second-order valence-corrected chi connectivity index (χ2v) is 4.09. The van der Waals surface area contributed by atoms with Crippen molar-refractivity contribution in [3.8, 4) is 5.75 Å². The Kier molecular flexibility index (Phi) is 3.79. The van der Waals surface area contributed by atoms with E-state index in [0.717, 1.165) is 11.6 Å². The Bertz CT molecular complexity index is 544. The van der Waals surface area contributed by atoms with Gasteiger partial charge in [0.2, 0.25) is 0 Å². The van der Waals surface area contributed by atoms with Gasteiger partial charge in [0, 0.05) is 5.56 Å². The van der Waals surface area contributed by atoms with Crippen LogP contribution in [0.3, 0.4) is 0 Å². The molecule has 2 rings (SSSR count). The fourth-order valence-electron chi connectivity index (χ4n) is 1.67. The van der Waals surface area contributed by atoms with E-state index in [0.29, 0.717) is 5.75 Å². The number of halogens is 3. The van der Waals surface area contributed by atoms with Gasteiger partial charge >= 0.3 is 6.18 Å². The van der Waals surface area contributed by atoms with Crippen LogP contribution in [0.15, 0.2) is 48.5 Å². The summed E-state index contributed by atoms with van der Waals surface area (Å²) in [7, 11) is 0. The van der Waals surface area contributed by atoms with E-state index in [9.17, 15) is 13.2 Å². The molecule has 0 N–H and O–H groups in total. The molecule has 0 saturated carbocycles. The van der Waals surface area contributed by atoms with Crippen LogP contribution in [0.2, 0.25) is 0 Å². The minimum absolute atomic E-state index is 0.119. The zero-order valence-corrected chi connectivity index (χ0v) is 10.1. The molecule has 0 aromatic heterocycles. The van der Waals surface area contributed by atoms with Crippen LogP contribution in [0.1, 0.15) is 16.7 Å². The van der Waals surface area contributed by atoms with Crippen molar-refractivity contribution in [1.29, 1.82) is 0 Å². The van der Waals surface area contributed by atoms with Gasteiger partial charge in [0.1, 0.15) is 12.4 Å². The van der Waals surface area contributed by atoms with E-state index >= 15 is 0 Å². The molecule has 0 aliphatic heterocycles. The van der Waals surface area contributed by atoms with E-state index in [1.54, 1.807) is 30.3 Å². The van der Waals surface area contributed by atoms with E-state index < -0.39 is 11.7 Å². The Labute approximate surface area is 109 Å². The molecule has 1 nitrogen and oxygen atoms in total. The molecule has 0 aliphatic rings. The van der Waals surface area contributed by atoms with Gasteiger partial charge in [-0.05, 0) is 30.7 Å². The van der Waals surface area contributed by atoms with E-state index in [1.807, 2.05) is 0 Å². The number of alkyl halides is 3. The fraction of sp³-hybridized carbons (Fsp3) is 0.133. The van der Waals surface area contributed by atoms with Crippen molar-refractivity contribution in [2.24, 2.45) is 0 Å². The quantitative estimate of drug-likeness (QED) is 0.795. The van der Waals surface area contributed by atoms with Crippen LogP contribution >= 0.6 is 0 Å². The van der Waals surface area contributed by atoms with Crippen LogP contribution in [0, 0.1) is 6.92 Å². The zero-order chi connectivity index (χ0) is 13.9. The smallest absolute Gasteiger partial charge is 0.416 e. The summed E-state index contributed by atoms with van der Waals surface area (Å²) in [5.74, 6) is 0.518. The minimum Gasteiger partial charge on any atom is -0.489 e.